The Morgan fingerprint density at radius 2 is 1.90 bits per heavy atom. The van der Waals surface area contributed by atoms with Gasteiger partial charge in [-0.15, -0.1) is 0 Å². The summed E-state index contributed by atoms with van der Waals surface area (Å²) in [5, 5.41) is 11.1. The number of rotatable bonds is 6. The Hall–Kier alpha value is -3.63. The minimum absolute atomic E-state index is 0.0333. The van der Waals surface area contributed by atoms with Crippen LogP contribution in [0.2, 0.25) is 0 Å². The van der Waals surface area contributed by atoms with Crippen molar-refractivity contribution in [1.29, 1.82) is 0 Å². The monoisotopic (exact) mass is 436 g/mol. The van der Waals surface area contributed by atoms with Crippen LogP contribution in [0.3, 0.4) is 0 Å². The number of aryl methyl sites for hydroxylation is 1. The van der Waals surface area contributed by atoms with Gasteiger partial charge in [-0.3, -0.25) is 30.6 Å². The molecule has 0 saturated carbocycles. The lowest BCUT2D eigenvalue weighted by atomic mass is 10.1. The smallest absolute Gasteiger partial charge is 0.338 e. The molecule has 0 bridgehead atoms. The number of carbonyl (C=O) groups is 2. The lowest BCUT2D eigenvalue weighted by molar-refractivity contribution is -0.384. The molecule has 1 aliphatic heterocycles. The maximum atomic E-state index is 12.8. The van der Waals surface area contributed by atoms with E-state index in [1.165, 1.54) is 4.90 Å². The van der Waals surface area contributed by atoms with Crippen LogP contribution in [0.5, 0.6) is 0 Å². The highest BCUT2D eigenvalue weighted by atomic mass is 19.4. The molecule has 11 heteroatoms. The molecule has 1 fully saturated rings. The predicted octanol–water partition coefficient (Wildman–Crippen LogP) is 3.41. The predicted molar refractivity (Wildman–Crippen MR) is 105 cm³/mol. The summed E-state index contributed by atoms with van der Waals surface area (Å²) >= 11 is 0. The molecule has 31 heavy (non-hydrogen) atoms. The van der Waals surface area contributed by atoms with Gasteiger partial charge in [0.1, 0.15) is 5.69 Å². The summed E-state index contributed by atoms with van der Waals surface area (Å²) in [7, 11) is 0. The minimum atomic E-state index is -4.74. The van der Waals surface area contributed by atoms with E-state index in [2.05, 4.69) is 10.9 Å². The average molecular weight is 436 g/mol. The molecule has 3 rings (SSSR count). The summed E-state index contributed by atoms with van der Waals surface area (Å²) in [4.78, 5) is 36.3. The van der Waals surface area contributed by atoms with Gasteiger partial charge in [0, 0.05) is 25.6 Å². The fraction of sp³-hybridized carbons (Fsp3) is 0.300. The van der Waals surface area contributed by atoms with Crippen molar-refractivity contribution in [2.75, 3.05) is 12.0 Å². The summed E-state index contributed by atoms with van der Waals surface area (Å²) in [5.74, 6) is -1.49. The zero-order valence-electron chi connectivity index (χ0n) is 16.4. The van der Waals surface area contributed by atoms with Crippen LogP contribution in [-0.4, -0.2) is 28.2 Å². The van der Waals surface area contributed by atoms with Gasteiger partial charge in [-0.05, 0) is 24.6 Å². The number of nitrogens with one attached hydrogen (secondary N) is 2. The molecule has 2 N–H and O–H groups in total. The van der Waals surface area contributed by atoms with E-state index >= 15 is 0 Å². The Labute approximate surface area is 175 Å². The third kappa shape index (κ3) is 5.30. The van der Waals surface area contributed by atoms with Crippen LogP contribution in [0.15, 0.2) is 42.5 Å². The van der Waals surface area contributed by atoms with Crippen LogP contribution < -0.4 is 10.9 Å². The van der Waals surface area contributed by atoms with Gasteiger partial charge in [0.2, 0.25) is 11.8 Å². The van der Waals surface area contributed by atoms with E-state index in [-0.39, 0.29) is 24.6 Å². The summed E-state index contributed by atoms with van der Waals surface area (Å²) in [6, 6.07) is 9.54. The van der Waals surface area contributed by atoms with Crippen molar-refractivity contribution in [3.63, 3.8) is 0 Å². The van der Waals surface area contributed by atoms with Gasteiger partial charge < -0.3 is 4.90 Å². The normalized spacial score (nSPS) is 16.3. The van der Waals surface area contributed by atoms with Crippen molar-refractivity contribution in [2.24, 2.45) is 5.92 Å². The third-order valence-electron chi connectivity index (χ3n) is 4.92. The van der Waals surface area contributed by atoms with Crippen LogP contribution in [0.4, 0.5) is 24.5 Å². The first-order valence-corrected chi connectivity index (χ1v) is 9.29. The number of likely N-dealkylation sites (tertiary alicyclic amines) is 1. The molecule has 0 aromatic heterocycles. The summed E-state index contributed by atoms with van der Waals surface area (Å²) < 4.78 is 38.3. The van der Waals surface area contributed by atoms with Crippen molar-refractivity contribution in [2.45, 2.75) is 26.1 Å². The van der Waals surface area contributed by atoms with Gasteiger partial charge in [0.15, 0.2) is 0 Å². The molecule has 0 radical (unpaired) electrons. The number of nitrogens with zero attached hydrogens (tertiary/aromatic N) is 2. The third-order valence-corrected chi connectivity index (χ3v) is 4.92. The highest BCUT2D eigenvalue weighted by Crippen LogP contribution is 2.34. The number of nitro groups is 1. The zero-order valence-corrected chi connectivity index (χ0v) is 16.4. The molecular weight excluding hydrogens is 417 g/mol. The summed E-state index contributed by atoms with van der Waals surface area (Å²) in [5.41, 5.74) is 4.24. The quantitative estimate of drug-likeness (QED) is 0.533. The number of halogens is 3. The fourth-order valence-electron chi connectivity index (χ4n) is 3.21. The Morgan fingerprint density at radius 3 is 2.52 bits per heavy atom. The van der Waals surface area contributed by atoms with E-state index in [4.69, 9.17) is 0 Å². The second-order valence-corrected chi connectivity index (χ2v) is 7.26. The fourth-order valence-corrected chi connectivity index (χ4v) is 3.21. The van der Waals surface area contributed by atoms with E-state index < -0.39 is 34.2 Å². The van der Waals surface area contributed by atoms with Gasteiger partial charge in [0.05, 0.1) is 16.4 Å². The van der Waals surface area contributed by atoms with E-state index in [0.29, 0.717) is 18.7 Å². The van der Waals surface area contributed by atoms with Crippen LogP contribution >= 0.6 is 0 Å². The highest BCUT2D eigenvalue weighted by molar-refractivity contribution is 5.90. The van der Waals surface area contributed by atoms with Gasteiger partial charge >= 0.3 is 6.18 Å². The molecule has 1 atom stereocenters. The van der Waals surface area contributed by atoms with Crippen LogP contribution in [0.25, 0.3) is 0 Å². The molecule has 8 nitrogen and oxygen atoms in total. The Morgan fingerprint density at radius 1 is 1.23 bits per heavy atom. The first-order chi connectivity index (χ1) is 14.5. The molecule has 1 saturated heterocycles. The molecule has 1 aliphatic rings. The number of alkyl halides is 3. The average Bonchev–Trinajstić information content (AvgIpc) is 3.07. The molecule has 2 aromatic carbocycles. The number of amides is 2. The molecule has 1 heterocycles. The van der Waals surface area contributed by atoms with Gasteiger partial charge in [-0.2, -0.15) is 13.2 Å². The van der Waals surface area contributed by atoms with Crippen LogP contribution in [0.1, 0.15) is 23.1 Å². The van der Waals surface area contributed by atoms with E-state index in [1.807, 2.05) is 31.2 Å². The first kappa shape index (κ1) is 22.1. The first-order valence-electron chi connectivity index (χ1n) is 9.29. The van der Waals surface area contributed by atoms with E-state index in [0.717, 1.165) is 17.2 Å². The molecule has 2 amide bonds. The van der Waals surface area contributed by atoms with Gasteiger partial charge in [-0.25, -0.2) is 0 Å². The lowest BCUT2D eigenvalue weighted by Crippen LogP contribution is -2.36. The number of hydrazine groups is 1. The second kappa shape index (κ2) is 8.62. The van der Waals surface area contributed by atoms with Crippen molar-refractivity contribution in [1.82, 2.24) is 10.3 Å². The second-order valence-electron chi connectivity index (χ2n) is 7.26. The standard InChI is InChI=1S/C20H19F3N4O4/c1-12-2-4-13(5-3-12)10-26-11-14(8-18(26)28)19(29)25-24-16-7-6-15(20(21,22)23)9-17(16)27(30)31/h2-7,9,14,24H,8,10-11H2,1H3,(H,25,29). The molecule has 0 aliphatic carbocycles. The number of hydrogen-bond acceptors (Lipinski definition) is 5. The number of carbonyl (C=O) groups excluding carboxylic acids is 2. The van der Waals surface area contributed by atoms with Crippen LogP contribution in [-0.2, 0) is 22.3 Å². The SMILES string of the molecule is Cc1ccc(CN2CC(C(=O)NNc3ccc(C(F)(F)F)cc3[N+](=O)[O-])CC2=O)cc1. The van der Waals surface area contributed by atoms with Crippen molar-refractivity contribution in [3.05, 3.63) is 69.3 Å². The van der Waals surface area contributed by atoms with Gasteiger partial charge in [-0.1, -0.05) is 29.8 Å². The number of nitro benzene ring substituents is 1. The Bertz CT molecular complexity index is 1010. The highest BCUT2D eigenvalue weighted by Gasteiger charge is 2.35. The van der Waals surface area contributed by atoms with Crippen LogP contribution in [0, 0.1) is 23.0 Å². The minimum Gasteiger partial charge on any atom is -0.338 e. The lowest BCUT2D eigenvalue weighted by Gasteiger charge is -2.17. The van der Waals surface area contributed by atoms with Crippen molar-refractivity contribution in [3.8, 4) is 0 Å². The number of anilines is 1. The van der Waals surface area contributed by atoms with Crippen molar-refractivity contribution >= 4 is 23.2 Å². The number of benzene rings is 2. The molecule has 0 spiro atoms. The van der Waals surface area contributed by atoms with E-state index in [1.54, 1.807) is 0 Å². The maximum Gasteiger partial charge on any atom is 0.416 e. The Kier molecular flexibility index (Phi) is 6.14. The van der Waals surface area contributed by atoms with Crippen molar-refractivity contribution < 1.29 is 27.7 Å². The maximum absolute atomic E-state index is 12.8. The summed E-state index contributed by atoms with van der Waals surface area (Å²) in [6.45, 7) is 2.45. The number of hydrogen-bond donors (Lipinski definition) is 2. The molecule has 2 aromatic rings. The summed E-state index contributed by atoms with van der Waals surface area (Å²) in [6.07, 6.45) is -4.77. The molecule has 1 unspecified atom stereocenters. The van der Waals surface area contributed by atoms with Gasteiger partial charge in [0.25, 0.3) is 5.69 Å². The van der Waals surface area contributed by atoms with E-state index in [9.17, 15) is 32.9 Å². The molecular formula is C20H19F3N4O4. The Balaban J connectivity index is 1.62. The molecule has 164 valence electrons. The largest absolute Gasteiger partial charge is 0.416 e. The zero-order chi connectivity index (χ0) is 22.8. The topological polar surface area (TPSA) is 105 Å².